The molecule has 0 spiro atoms. The second-order valence-electron chi connectivity index (χ2n) is 6.23. The SMILES string of the molecule is CCOC(=O)C(CC(C)(C)C)Nc1cc(C)cc(F)c1. The van der Waals surface area contributed by atoms with Crippen LogP contribution in [0, 0.1) is 18.2 Å². The zero-order valence-electron chi connectivity index (χ0n) is 12.9. The number of hydrogen-bond acceptors (Lipinski definition) is 3. The van der Waals surface area contributed by atoms with Crippen molar-refractivity contribution in [2.45, 2.75) is 47.1 Å². The molecular formula is C16H24FNO2. The molecule has 112 valence electrons. The van der Waals surface area contributed by atoms with E-state index in [0.717, 1.165) is 5.56 Å². The van der Waals surface area contributed by atoms with Crippen LogP contribution in [-0.4, -0.2) is 18.6 Å². The Morgan fingerprint density at radius 1 is 1.35 bits per heavy atom. The van der Waals surface area contributed by atoms with Gasteiger partial charge in [-0.25, -0.2) is 9.18 Å². The second kappa shape index (κ2) is 6.73. The van der Waals surface area contributed by atoms with E-state index in [-0.39, 0.29) is 17.2 Å². The molecule has 0 aliphatic rings. The molecule has 1 atom stereocenters. The lowest BCUT2D eigenvalue weighted by atomic mass is 9.88. The molecule has 1 aromatic carbocycles. The summed E-state index contributed by atoms with van der Waals surface area (Å²) in [6.07, 6.45) is 0.612. The van der Waals surface area contributed by atoms with Gasteiger partial charge in [-0.05, 0) is 49.4 Å². The van der Waals surface area contributed by atoms with Crippen LogP contribution in [0.1, 0.15) is 39.7 Å². The number of carbonyl (C=O) groups excluding carboxylic acids is 1. The molecule has 0 bridgehead atoms. The summed E-state index contributed by atoms with van der Waals surface area (Å²) in [5.41, 5.74) is 1.38. The first kappa shape index (κ1) is 16.5. The van der Waals surface area contributed by atoms with Gasteiger partial charge >= 0.3 is 5.97 Å². The van der Waals surface area contributed by atoms with Crippen LogP contribution in [0.3, 0.4) is 0 Å². The molecule has 1 N–H and O–H groups in total. The van der Waals surface area contributed by atoms with Crippen LogP contribution in [0.25, 0.3) is 0 Å². The highest BCUT2D eigenvalue weighted by Crippen LogP contribution is 2.24. The molecule has 0 heterocycles. The number of rotatable bonds is 5. The summed E-state index contributed by atoms with van der Waals surface area (Å²) in [7, 11) is 0. The topological polar surface area (TPSA) is 38.3 Å². The van der Waals surface area contributed by atoms with Crippen LogP contribution >= 0.6 is 0 Å². The molecule has 0 amide bonds. The van der Waals surface area contributed by atoms with Crippen LogP contribution in [-0.2, 0) is 9.53 Å². The second-order valence-corrected chi connectivity index (χ2v) is 6.23. The van der Waals surface area contributed by atoms with E-state index < -0.39 is 6.04 Å². The maximum atomic E-state index is 13.4. The molecule has 3 nitrogen and oxygen atoms in total. The Labute approximate surface area is 120 Å². The predicted octanol–water partition coefficient (Wildman–Crippen LogP) is 3.91. The normalized spacial score (nSPS) is 12.9. The quantitative estimate of drug-likeness (QED) is 0.831. The first-order chi connectivity index (χ1) is 9.21. The standard InChI is InChI=1S/C16H24FNO2/c1-6-20-15(19)14(10-16(3,4)5)18-13-8-11(2)7-12(17)9-13/h7-9,14,18H,6,10H2,1-5H3. The number of halogens is 1. The summed E-state index contributed by atoms with van der Waals surface area (Å²) >= 11 is 0. The van der Waals surface area contributed by atoms with Crippen molar-refractivity contribution in [1.29, 1.82) is 0 Å². The first-order valence-electron chi connectivity index (χ1n) is 6.91. The van der Waals surface area contributed by atoms with Crippen molar-refractivity contribution in [2.75, 3.05) is 11.9 Å². The Morgan fingerprint density at radius 3 is 2.50 bits per heavy atom. The van der Waals surface area contributed by atoms with Crippen molar-refractivity contribution in [2.24, 2.45) is 5.41 Å². The fraction of sp³-hybridized carbons (Fsp3) is 0.562. The summed E-state index contributed by atoms with van der Waals surface area (Å²) in [5, 5.41) is 3.09. The molecule has 0 radical (unpaired) electrons. The molecule has 0 aliphatic heterocycles. The van der Waals surface area contributed by atoms with Gasteiger partial charge in [0.25, 0.3) is 0 Å². The van der Waals surface area contributed by atoms with Crippen molar-refractivity contribution in [1.82, 2.24) is 0 Å². The maximum absolute atomic E-state index is 13.4. The smallest absolute Gasteiger partial charge is 0.328 e. The van der Waals surface area contributed by atoms with E-state index in [9.17, 15) is 9.18 Å². The summed E-state index contributed by atoms with van der Waals surface area (Å²) < 4.78 is 18.5. The Morgan fingerprint density at radius 2 is 2.00 bits per heavy atom. The van der Waals surface area contributed by atoms with Gasteiger partial charge in [0.15, 0.2) is 0 Å². The minimum absolute atomic E-state index is 0.0349. The Bertz CT molecular complexity index is 446. The van der Waals surface area contributed by atoms with Crippen molar-refractivity contribution in [3.8, 4) is 0 Å². The number of hydrogen-bond donors (Lipinski definition) is 1. The third kappa shape index (κ3) is 5.59. The van der Waals surface area contributed by atoms with Crippen LogP contribution in [0.4, 0.5) is 10.1 Å². The molecule has 0 saturated carbocycles. The van der Waals surface area contributed by atoms with Gasteiger partial charge in [0.05, 0.1) is 6.61 Å². The molecule has 20 heavy (non-hydrogen) atoms. The third-order valence-corrected chi connectivity index (χ3v) is 2.77. The van der Waals surface area contributed by atoms with Crippen molar-refractivity contribution in [3.05, 3.63) is 29.6 Å². The van der Waals surface area contributed by atoms with E-state index in [1.807, 2.05) is 13.0 Å². The van der Waals surface area contributed by atoms with Gasteiger partial charge in [-0.2, -0.15) is 0 Å². The van der Waals surface area contributed by atoms with Gasteiger partial charge in [-0.15, -0.1) is 0 Å². The summed E-state index contributed by atoms with van der Waals surface area (Å²) in [6.45, 7) is 10.1. The van der Waals surface area contributed by atoms with Crippen molar-refractivity contribution >= 4 is 11.7 Å². The minimum atomic E-state index is -0.476. The summed E-state index contributed by atoms with van der Waals surface area (Å²) in [6, 6.07) is 4.19. The lowest BCUT2D eigenvalue weighted by molar-refractivity contribution is -0.144. The van der Waals surface area contributed by atoms with Crippen LogP contribution in [0.15, 0.2) is 18.2 Å². The highest BCUT2D eigenvalue weighted by molar-refractivity contribution is 5.79. The molecule has 4 heteroatoms. The number of esters is 1. The van der Waals surface area contributed by atoms with Crippen LogP contribution in [0.2, 0.25) is 0 Å². The first-order valence-corrected chi connectivity index (χ1v) is 6.91. The van der Waals surface area contributed by atoms with Crippen molar-refractivity contribution < 1.29 is 13.9 Å². The molecule has 1 rings (SSSR count). The Kier molecular flexibility index (Phi) is 5.54. The molecule has 0 fully saturated rings. The monoisotopic (exact) mass is 281 g/mol. The van der Waals surface area contributed by atoms with Gasteiger partial charge in [-0.3, -0.25) is 0 Å². The summed E-state index contributed by atoms with van der Waals surface area (Å²) in [4.78, 5) is 12.0. The number of ether oxygens (including phenoxy) is 1. The van der Waals surface area contributed by atoms with Crippen LogP contribution < -0.4 is 5.32 Å². The highest BCUT2D eigenvalue weighted by Gasteiger charge is 2.26. The molecule has 0 aromatic heterocycles. The molecular weight excluding hydrogens is 257 g/mol. The van der Waals surface area contributed by atoms with E-state index in [4.69, 9.17) is 4.74 Å². The van der Waals surface area contributed by atoms with Gasteiger partial charge in [0, 0.05) is 5.69 Å². The zero-order valence-corrected chi connectivity index (χ0v) is 12.9. The fourth-order valence-corrected chi connectivity index (χ4v) is 2.07. The number of benzene rings is 1. The van der Waals surface area contributed by atoms with E-state index in [1.165, 1.54) is 12.1 Å². The molecule has 0 saturated heterocycles. The fourth-order valence-electron chi connectivity index (χ4n) is 2.07. The maximum Gasteiger partial charge on any atom is 0.328 e. The molecule has 0 aliphatic carbocycles. The van der Waals surface area contributed by atoms with Crippen LogP contribution in [0.5, 0.6) is 0 Å². The van der Waals surface area contributed by atoms with E-state index in [2.05, 4.69) is 26.1 Å². The number of nitrogens with one attached hydrogen (secondary N) is 1. The average molecular weight is 281 g/mol. The third-order valence-electron chi connectivity index (χ3n) is 2.77. The molecule has 1 unspecified atom stereocenters. The lowest BCUT2D eigenvalue weighted by Gasteiger charge is -2.26. The van der Waals surface area contributed by atoms with Gasteiger partial charge in [0.1, 0.15) is 11.9 Å². The Hall–Kier alpha value is -1.58. The minimum Gasteiger partial charge on any atom is -0.464 e. The number of carbonyl (C=O) groups is 1. The van der Waals surface area contributed by atoms with Gasteiger partial charge < -0.3 is 10.1 Å². The van der Waals surface area contributed by atoms with Gasteiger partial charge in [-0.1, -0.05) is 20.8 Å². The average Bonchev–Trinajstić information content (AvgIpc) is 2.25. The zero-order chi connectivity index (χ0) is 15.3. The van der Waals surface area contributed by atoms with E-state index in [1.54, 1.807) is 6.92 Å². The van der Waals surface area contributed by atoms with Gasteiger partial charge in [0.2, 0.25) is 0 Å². The highest BCUT2D eigenvalue weighted by atomic mass is 19.1. The van der Waals surface area contributed by atoms with Crippen molar-refractivity contribution in [3.63, 3.8) is 0 Å². The summed E-state index contributed by atoms with van der Waals surface area (Å²) in [5.74, 6) is -0.616. The van der Waals surface area contributed by atoms with E-state index in [0.29, 0.717) is 18.7 Å². The lowest BCUT2D eigenvalue weighted by Crippen LogP contribution is -2.35. The van der Waals surface area contributed by atoms with E-state index >= 15 is 0 Å². The Balaban J connectivity index is 2.90. The number of aryl methyl sites for hydroxylation is 1. The largest absolute Gasteiger partial charge is 0.464 e. The number of anilines is 1. The molecule has 1 aromatic rings. The predicted molar refractivity (Wildman–Crippen MR) is 79.3 cm³/mol.